The summed E-state index contributed by atoms with van der Waals surface area (Å²) < 4.78 is 56.8. The van der Waals surface area contributed by atoms with Gasteiger partial charge in [-0.15, -0.1) is 0 Å². The average molecular weight is 261 g/mol. The molecular formula is C12H11F4NO. The Balaban J connectivity index is 2.08. The number of ether oxygens (including phenoxy) is 1. The number of alkyl halides is 3. The molecule has 2 atom stereocenters. The fraction of sp³-hybridized carbons (Fsp3) is 0.500. The van der Waals surface area contributed by atoms with Gasteiger partial charge in [0, 0.05) is 18.0 Å². The van der Waals surface area contributed by atoms with Crippen molar-refractivity contribution in [2.45, 2.75) is 31.2 Å². The zero-order valence-electron chi connectivity index (χ0n) is 9.35. The Morgan fingerprint density at radius 3 is 2.78 bits per heavy atom. The first-order valence-corrected chi connectivity index (χ1v) is 5.76. The van der Waals surface area contributed by atoms with Crippen LogP contribution in [0.1, 0.15) is 30.0 Å². The van der Waals surface area contributed by atoms with Gasteiger partial charge in [0.2, 0.25) is 0 Å². The molecule has 18 heavy (non-hydrogen) atoms. The lowest BCUT2D eigenvalue weighted by atomic mass is 9.91. The quantitative estimate of drug-likeness (QED) is 0.725. The van der Waals surface area contributed by atoms with E-state index in [-0.39, 0.29) is 17.9 Å². The molecule has 0 saturated carbocycles. The van der Waals surface area contributed by atoms with Crippen molar-refractivity contribution in [2.24, 2.45) is 0 Å². The summed E-state index contributed by atoms with van der Waals surface area (Å²) in [6, 6.07) is 1.61. The molecule has 1 fully saturated rings. The lowest BCUT2D eigenvalue weighted by Crippen LogP contribution is -2.40. The highest BCUT2D eigenvalue weighted by Gasteiger charge is 2.38. The number of hydrogen-bond donors (Lipinski definition) is 1. The number of hydrogen-bond acceptors (Lipinski definition) is 2. The minimum Gasteiger partial charge on any atom is -0.490 e. The Morgan fingerprint density at radius 1 is 1.28 bits per heavy atom. The SMILES string of the molecule is Fc1cc2c(cc1C(F)(F)F)O[C@H]1CCN[C@@H]2C1. The first-order chi connectivity index (χ1) is 8.45. The molecule has 1 aromatic carbocycles. The van der Waals surface area contributed by atoms with E-state index in [0.29, 0.717) is 12.0 Å². The molecule has 2 heterocycles. The minimum atomic E-state index is -4.69. The maximum Gasteiger partial charge on any atom is 0.419 e. The Labute approximate surface area is 101 Å². The van der Waals surface area contributed by atoms with Crippen LogP contribution in [0.5, 0.6) is 5.75 Å². The minimum absolute atomic E-state index is 0.0738. The molecule has 0 unspecified atom stereocenters. The Kier molecular flexibility index (Phi) is 2.52. The van der Waals surface area contributed by atoms with Gasteiger partial charge in [-0.3, -0.25) is 0 Å². The number of halogens is 4. The molecule has 3 rings (SSSR count). The predicted octanol–water partition coefficient (Wildman–Crippen LogP) is 3.03. The van der Waals surface area contributed by atoms with Gasteiger partial charge in [-0.1, -0.05) is 0 Å². The number of fused-ring (bicyclic) bond motifs is 4. The smallest absolute Gasteiger partial charge is 0.419 e. The number of nitrogens with one attached hydrogen (secondary N) is 1. The summed E-state index contributed by atoms with van der Waals surface area (Å²) in [5.74, 6) is -1.09. The summed E-state index contributed by atoms with van der Waals surface area (Å²) in [5, 5.41) is 3.16. The lowest BCUT2D eigenvalue weighted by molar-refractivity contribution is -0.140. The van der Waals surface area contributed by atoms with E-state index in [9.17, 15) is 17.6 Å². The molecule has 1 N–H and O–H groups in total. The second-order valence-electron chi connectivity index (χ2n) is 4.64. The van der Waals surface area contributed by atoms with Crippen LogP contribution in [-0.2, 0) is 6.18 Å². The molecule has 0 aromatic heterocycles. The molecule has 2 nitrogen and oxygen atoms in total. The fourth-order valence-electron chi connectivity index (χ4n) is 2.57. The Bertz CT molecular complexity index is 486. The molecule has 1 saturated heterocycles. The molecule has 0 spiro atoms. The summed E-state index contributed by atoms with van der Waals surface area (Å²) >= 11 is 0. The summed E-state index contributed by atoms with van der Waals surface area (Å²) in [6.45, 7) is 0.734. The molecule has 1 aromatic rings. The fourth-order valence-corrected chi connectivity index (χ4v) is 2.57. The second kappa shape index (κ2) is 3.85. The van der Waals surface area contributed by atoms with E-state index in [0.717, 1.165) is 25.1 Å². The molecule has 2 bridgehead atoms. The van der Waals surface area contributed by atoms with Crippen molar-refractivity contribution in [3.8, 4) is 5.75 Å². The second-order valence-corrected chi connectivity index (χ2v) is 4.64. The maximum atomic E-state index is 13.5. The molecule has 2 aliphatic heterocycles. The van der Waals surface area contributed by atoms with Crippen molar-refractivity contribution in [3.63, 3.8) is 0 Å². The summed E-state index contributed by atoms with van der Waals surface area (Å²) in [4.78, 5) is 0. The van der Waals surface area contributed by atoms with Crippen molar-refractivity contribution in [3.05, 3.63) is 29.1 Å². The van der Waals surface area contributed by atoms with Crippen LogP contribution in [0, 0.1) is 5.82 Å². The largest absolute Gasteiger partial charge is 0.490 e. The van der Waals surface area contributed by atoms with Crippen LogP contribution in [0.25, 0.3) is 0 Å². The van der Waals surface area contributed by atoms with Gasteiger partial charge >= 0.3 is 6.18 Å². The maximum absolute atomic E-state index is 13.5. The summed E-state index contributed by atoms with van der Waals surface area (Å²) in [7, 11) is 0. The summed E-state index contributed by atoms with van der Waals surface area (Å²) in [6.07, 6.45) is -3.33. The van der Waals surface area contributed by atoms with Gasteiger partial charge < -0.3 is 10.1 Å². The van der Waals surface area contributed by atoms with E-state index in [4.69, 9.17) is 4.74 Å². The van der Waals surface area contributed by atoms with Crippen LogP contribution >= 0.6 is 0 Å². The lowest BCUT2D eigenvalue weighted by Gasteiger charge is -2.37. The normalized spacial score (nSPS) is 26.4. The molecule has 0 aliphatic carbocycles. The van der Waals surface area contributed by atoms with Gasteiger partial charge in [-0.25, -0.2) is 4.39 Å². The van der Waals surface area contributed by atoms with Crippen molar-refractivity contribution >= 4 is 0 Å². The van der Waals surface area contributed by atoms with Crippen LogP contribution in [-0.4, -0.2) is 12.6 Å². The van der Waals surface area contributed by atoms with Crippen molar-refractivity contribution in [1.29, 1.82) is 0 Å². The molecule has 2 aliphatic rings. The third kappa shape index (κ3) is 1.84. The molecule has 0 amide bonds. The van der Waals surface area contributed by atoms with Crippen molar-refractivity contribution in [1.82, 2.24) is 5.32 Å². The van der Waals surface area contributed by atoms with Crippen LogP contribution in [0.4, 0.5) is 17.6 Å². The third-order valence-electron chi connectivity index (χ3n) is 3.43. The van der Waals surface area contributed by atoms with Gasteiger partial charge in [-0.2, -0.15) is 13.2 Å². The Hall–Kier alpha value is -1.30. The van der Waals surface area contributed by atoms with E-state index >= 15 is 0 Å². The highest BCUT2D eigenvalue weighted by atomic mass is 19.4. The standard InChI is InChI=1S/C12H11F4NO/c13-9-4-7-10-3-6(1-2-17-10)18-11(7)5-8(9)12(14,15)16/h4-6,10,17H,1-3H2/t6-,10+/m0/s1. The summed E-state index contributed by atoms with van der Waals surface area (Å²) in [5.41, 5.74) is -0.780. The molecule has 98 valence electrons. The van der Waals surface area contributed by atoms with E-state index in [2.05, 4.69) is 5.32 Å². The number of benzene rings is 1. The molecular weight excluding hydrogens is 250 g/mol. The van der Waals surface area contributed by atoms with Crippen LogP contribution < -0.4 is 10.1 Å². The number of piperidine rings is 1. The highest BCUT2D eigenvalue weighted by molar-refractivity contribution is 5.43. The van der Waals surface area contributed by atoms with Crippen LogP contribution in [0.15, 0.2) is 12.1 Å². The zero-order valence-corrected chi connectivity index (χ0v) is 9.35. The van der Waals surface area contributed by atoms with Gasteiger partial charge in [0.15, 0.2) is 0 Å². The van der Waals surface area contributed by atoms with Crippen LogP contribution in [0.3, 0.4) is 0 Å². The zero-order chi connectivity index (χ0) is 12.9. The predicted molar refractivity (Wildman–Crippen MR) is 55.8 cm³/mol. The topological polar surface area (TPSA) is 21.3 Å². The first-order valence-electron chi connectivity index (χ1n) is 5.76. The van der Waals surface area contributed by atoms with Gasteiger partial charge in [0.25, 0.3) is 0 Å². The van der Waals surface area contributed by atoms with E-state index in [1.54, 1.807) is 0 Å². The first kappa shape index (κ1) is 11.8. The Morgan fingerprint density at radius 2 is 2.06 bits per heavy atom. The van der Waals surface area contributed by atoms with Gasteiger partial charge in [0.1, 0.15) is 17.7 Å². The highest BCUT2D eigenvalue weighted by Crippen LogP contribution is 2.42. The van der Waals surface area contributed by atoms with E-state index < -0.39 is 17.6 Å². The van der Waals surface area contributed by atoms with Gasteiger partial charge in [0.05, 0.1) is 5.56 Å². The van der Waals surface area contributed by atoms with E-state index in [1.165, 1.54) is 0 Å². The molecule has 6 heteroatoms. The average Bonchev–Trinajstić information content (AvgIpc) is 2.29. The number of rotatable bonds is 0. The third-order valence-corrected chi connectivity index (χ3v) is 3.43. The van der Waals surface area contributed by atoms with E-state index in [1.807, 2.05) is 0 Å². The van der Waals surface area contributed by atoms with Crippen molar-refractivity contribution < 1.29 is 22.3 Å². The van der Waals surface area contributed by atoms with Crippen LogP contribution in [0.2, 0.25) is 0 Å². The molecule has 0 radical (unpaired) electrons. The monoisotopic (exact) mass is 261 g/mol. The van der Waals surface area contributed by atoms with Crippen molar-refractivity contribution in [2.75, 3.05) is 6.54 Å². The van der Waals surface area contributed by atoms with Gasteiger partial charge in [-0.05, 0) is 25.1 Å².